The van der Waals surface area contributed by atoms with Crippen molar-refractivity contribution in [3.8, 4) is 0 Å². The first-order valence-electron chi connectivity index (χ1n) is 7.76. The number of carbonyl (C=O) groups excluding carboxylic acids is 1. The quantitative estimate of drug-likeness (QED) is 0.804. The summed E-state index contributed by atoms with van der Waals surface area (Å²) in [6.45, 7) is 3.89. The van der Waals surface area contributed by atoms with Crippen molar-refractivity contribution < 1.29 is 13.2 Å². The zero-order valence-electron chi connectivity index (χ0n) is 13.1. The van der Waals surface area contributed by atoms with Crippen LogP contribution in [0.5, 0.6) is 0 Å². The molecule has 3 heterocycles. The predicted molar refractivity (Wildman–Crippen MR) is 81.9 cm³/mol. The molecule has 0 saturated carbocycles. The number of nitrogens with zero attached hydrogens (tertiary/aromatic N) is 4. The van der Waals surface area contributed by atoms with E-state index in [1.54, 1.807) is 11.6 Å². The summed E-state index contributed by atoms with van der Waals surface area (Å²) >= 11 is 0. The molecule has 0 aromatic carbocycles. The van der Waals surface area contributed by atoms with Gasteiger partial charge in [-0.1, -0.05) is 0 Å². The number of sulfonamides is 1. The summed E-state index contributed by atoms with van der Waals surface area (Å²) in [5.74, 6) is 0.0166. The minimum atomic E-state index is -3.24. The van der Waals surface area contributed by atoms with Crippen molar-refractivity contribution >= 4 is 15.9 Å². The highest BCUT2D eigenvalue weighted by Crippen LogP contribution is 2.26. The maximum atomic E-state index is 12.6. The highest BCUT2D eigenvalue weighted by atomic mass is 32.2. The molecule has 1 aromatic rings. The maximum absolute atomic E-state index is 12.6. The molecule has 1 amide bonds. The summed E-state index contributed by atoms with van der Waals surface area (Å²) < 4.78 is 27.4. The van der Waals surface area contributed by atoms with Crippen molar-refractivity contribution in [2.24, 2.45) is 7.05 Å². The van der Waals surface area contributed by atoms with Gasteiger partial charge in [0.05, 0.1) is 5.75 Å². The van der Waals surface area contributed by atoms with Crippen molar-refractivity contribution in [2.45, 2.75) is 32.7 Å². The number of likely N-dealkylation sites (tertiary alicyclic amines) is 1. The zero-order chi connectivity index (χ0) is 15.9. The number of rotatable bonds is 3. The molecule has 0 unspecified atom stereocenters. The smallest absolute Gasteiger partial charge is 0.274 e. The highest BCUT2D eigenvalue weighted by molar-refractivity contribution is 7.89. The molecule has 0 atom stereocenters. The van der Waals surface area contributed by atoms with Gasteiger partial charge in [0, 0.05) is 50.9 Å². The molecule has 0 N–H and O–H groups in total. The number of carbonyl (C=O) groups is 1. The number of amides is 1. The van der Waals surface area contributed by atoms with Crippen LogP contribution in [-0.2, 0) is 30.0 Å². The van der Waals surface area contributed by atoms with Crippen LogP contribution < -0.4 is 0 Å². The van der Waals surface area contributed by atoms with Gasteiger partial charge in [0.1, 0.15) is 0 Å². The van der Waals surface area contributed by atoms with Gasteiger partial charge in [0.2, 0.25) is 10.0 Å². The van der Waals surface area contributed by atoms with Crippen LogP contribution in [0.2, 0.25) is 0 Å². The maximum Gasteiger partial charge on any atom is 0.274 e. The Bertz CT molecular complexity index is 689. The molecule has 2 aliphatic rings. The average molecular weight is 326 g/mol. The fourth-order valence-electron chi connectivity index (χ4n) is 3.23. The van der Waals surface area contributed by atoms with Crippen LogP contribution in [0.1, 0.15) is 41.5 Å². The lowest BCUT2D eigenvalue weighted by Crippen LogP contribution is -2.38. The van der Waals surface area contributed by atoms with Gasteiger partial charge in [0.25, 0.3) is 5.91 Å². The lowest BCUT2D eigenvalue weighted by atomic mass is 10.1. The summed E-state index contributed by atoms with van der Waals surface area (Å²) in [6, 6.07) is 0. The van der Waals surface area contributed by atoms with Gasteiger partial charge in [-0.3, -0.25) is 9.48 Å². The van der Waals surface area contributed by atoms with Crippen LogP contribution in [0, 0.1) is 0 Å². The molecular formula is C14H22N4O3S. The normalized spacial score (nSPS) is 19.5. The number of hydrogen-bond acceptors (Lipinski definition) is 4. The molecule has 0 aliphatic carbocycles. The van der Waals surface area contributed by atoms with Gasteiger partial charge in [-0.25, -0.2) is 8.42 Å². The minimum Gasteiger partial charge on any atom is -0.337 e. The molecule has 22 heavy (non-hydrogen) atoms. The topological polar surface area (TPSA) is 75.5 Å². The second-order valence-corrected chi connectivity index (χ2v) is 8.14. The van der Waals surface area contributed by atoms with Gasteiger partial charge in [0.15, 0.2) is 5.69 Å². The molecule has 0 radical (unpaired) electrons. The Balaban J connectivity index is 1.93. The van der Waals surface area contributed by atoms with Crippen LogP contribution in [0.15, 0.2) is 0 Å². The number of aromatic nitrogens is 2. The molecule has 1 saturated heterocycles. The minimum absolute atomic E-state index is 0.0647. The number of hydrogen-bond donors (Lipinski definition) is 0. The summed E-state index contributed by atoms with van der Waals surface area (Å²) in [6.07, 6.45) is 2.65. The van der Waals surface area contributed by atoms with Crippen LogP contribution in [0.4, 0.5) is 0 Å². The summed E-state index contributed by atoms with van der Waals surface area (Å²) in [7, 11) is -1.42. The Morgan fingerprint density at radius 2 is 1.91 bits per heavy atom. The van der Waals surface area contributed by atoms with Crippen LogP contribution in [-0.4, -0.2) is 58.7 Å². The van der Waals surface area contributed by atoms with E-state index in [0.717, 1.165) is 37.2 Å². The van der Waals surface area contributed by atoms with E-state index in [0.29, 0.717) is 18.7 Å². The lowest BCUT2D eigenvalue weighted by molar-refractivity contribution is 0.0784. The van der Waals surface area contributed by atoms with Gasteiger partial charge in [-0.05, 0) is 19.8 Å². The lowest BCUT2D eigenvalue weighted by Gasteiger charge is -2.26. The van der Waals surface area contributed by atoms with Crippen molar-refractivity contribution in [1.29, 1.82) is 0 Å². The Morgan fingerprint density at radius 3 is 2.55 bits per heavy atom. The van der Waals surface area contributed by atoms with E-state index in [9.17, 15) is 13.2 Å². The van der Waals surface area contributed by atoms with E-state index < -0.39 is 10.0 Å². The van der Waals surface area contributed by atoms with Crippen LogP contribution >= 0.6 is 0 Å². The Labute approximate surface area is 130 Å². The summed E-state index contributed by atoms with van der Waals surface area (Å²) in [5.41, 5.74) is 2.18. The third-order valence-corrected chi connectivity index (χ3v) is 6.39. The highest BCUT2D eigenvalue weighted by Gasteiger charge is 2.33. The van der Waals surface area contributed by atoms with Crippen molar-refractivity contribution in [3.05, 3.63) is 17.0 Å². The van der Waals surface area contributed by atoms with Gasteiger partial charge < -0.3 is 4.90 Å². The Kier molecular flexibility index (Phi) is 3.98. The van der Waals surface area contributed by atoms with E-state index in [1.807, 2.05) is 11.9 Å². The first-order chi connectivity index (χ1) is 10.4. The fourth-order valence-corrected chi connectivity index (χ4v) is 4.29. The largest absolute Gasteiger partial charge is 0.337 e. The summed E-state index contributed by atoms with van der Waals surface area (Å²) in [5, 5.41) is 4.38. The Hall–Kier alpha value is -1.41. The van der Waals surface area contributed by atoms with Crippen molar-refractivity contribution in [2.75, 3.05) is 25.4 Å². The second-order valence-electron chi connectivity index (χ2n) is 5.88. The Morgan fingerprint density at radius 1 is 1.23 bits per heavy atom. The molecule has 0 bridgehead atoms. The van der Waals surface area contributed by atoms with E-state index in [1.165, 1.54) is 4.31 Å². The predicted octanol–water partition coefficient (Wildman–Crippen LogP) is 0.364. The van der Waals surface area contributed by atoms with Gasteiger partial charge in [-0.2, -0.15) is 9.40 Å². The van der Waals surface area contributed by atoms with E-state index in [2.05, 4.69) is 5.10 Å². The average Bonchev–Trinajstić information content (AvgIpc) is 3.15. The SMILES string of the molecule is CCS(=O)(=O)N1CCc2c(c(C(=O)N3CCCC3)nn2C)C1. The third-order valence-electron chi connectivity index (χ3n) is 4.56. The molecule has 2 aliphatic heterocycles. The molecule has 7 nitrogen and oxygen atoms in total. The van der Waals surface area contributed by atoms with E-state index in [-0.39, 0.29) is 18.2 Å². The molecule has 1 fully saturated rings. The molecule has 1 aromatic heterocycles. The van der Waals surface area contributed by atoms with Gasteiger partial charge in [-0.15, -0.1) is 0 Å². The summed E-state index contributed by atoms with van der Waals surface area (Å²) in [4.78, 5) is 14.5. The first kappa shape index (κ1) is 15.5. The molecule has 3 rings (SSSR count). The van der Waals surface area contributed by atoms with Crippen LogP contribution in [0.3, 0.4) is 0 Å². The standard InChI is InChI=1S/C14H22N4O3S/c1-3-22(20,21)18-9-6-12-11(10-18)13(15-16(12)2)14(19)17-7-4-5-8-17/h3-10H2,1-2H3. The zero-order valence-corrected chi connectivity index (χ0v) is 13.9. The third kappa shape index (κ3) is 2.54. The van der Waals surface area contributed by atoms with Crippen molar-refractivity contribution in [1.82, 2.24) is 19.0 Å². The second kappa shape index (κ2) is 5.66. The molecule has 8 heteroatoms. The first-order valence-corrected chi connectivity index (χ1v) is 9.37. The molecule has 0 spiro atoms. The van der Waals surface area contributed by atoms with E-state index in [4.69, 9.17) is 0 Å². The molecule has 122 valence electrons. The fraction of sp³-hybridized carbons (Fsp3) is 0.714. The van der Waals surface area contributed by atoms with Crippen molar-refractivity contribution in [3.63, 3.8) is 0 Å². The van der Waals surface area contributed by atoms with Gasteiger partial charge >= 0.3 is 0 Å². The molecular weight excluding hydrogens is 304 g/mol. The van der Waals surface area contributed by atoms with E-state index >= 15 is 0 Å². The number of fused-ring (bicyclic) bond motifs is 1. The monoisotopic (exact) mass is 326 g/mol. The van der Waals surface area contributed by atoms with Crippen LogP contribution in [0.25, 0.3) is 0 Å². The number of aryl methyl sites for hydroxylation is 1.